The van der Waals surface area contributed by atoms with E-state index < -0.39 is 17.8 Å². The summed E-state index contributed by atoms with van der Waals surface area (Å²) in [6.45, 7) is 10.2. The first-order valence-electron chi connectivity index (χ1n) is 7.68. The second-order valence-corrected chi connectivity index (χ2v) is 5.94. The number of hydrogen-bond acceptors (Lipinski definition) is 4. The maximum absolute atomic E-state index is 11.8. The van der Waals surface area contributed by atoms with E-state index >= 15 is 0 Å². The van der Waals surface area contributed by atoms with E-state index in [1.165, 1.54) is 0 Å². The molecular weight excluding hydrogens is 272 g/mol. The molecule has 0 aromatic heterocycles. The SMILES string of the molecule is CCCCC(CCOC(=O)NCC)NC(=O)OC(C)(C)C. The molecule has 0 aromatic carbocycles. The molecule has 0 bridgehead atoms. The Bertz CT molecular complexity index is 313. The molecule has 0 rings (SSSR count). The highest BCUT2D eigenvalue weighted by Gasteiger charge is 2.19. The number of alkyl carbamates (subject to hydrolysis) is 2. The number of unbranched alkanes of at least 4 members (excludes halogenated alkanes) is 1. The minimum Gasteiger partial charge on any atom is -0.449 e. The third kappa shape index (κ3) is 12.0. The van der Waals surface area contributed by atoms with Gasteiger partial charge in [0.1, 0.15) is 5.60 Å². The zero-order valence-electron chi connectivity index (χ0n) is 14.0. The summed E-state index contributed by atoms with van der Waals surface area (Å²) >= 11 is 0. The molecule has 0 fully saturated rings. The molecular formula is C15H30N2O4. The summed E-state index contributed by atoms with van der Waals surface area (Å²) in [5.74, 6) is 0. The number of carbonyl (C=O) groups is 2. The van der Waals surface area contributed by atoms with Gasteiger partial charge in [0.25, 0.3) is 0 Å². The molecule has 2 amide bonds. The summed E-state index contributed by atoms with van der Waals surface area (Å²) in [6, 6.07) is -0.0470. The van der Waals surface area contributed by atoms with Crippen LogP contribution in [-0.4, -0.2) is 37.0 Å². The van der Waals surface area contributed by atoms with Crippen LogP contribution in [0.3, 0.4) is 0 Å². The summed E-state index contributed by atoms with van der Waals surface area (Å²) in [6.07, 6.45) is 2.61. The van der Waals surface area contributed by atoms with Gasteiger partial charge in [-0.2, -0.15) is 0 Å². The van der Waals surface area contributed by atoms with Gasteiger partial charge in [0.05, 0.1) is 6.61 Å². The molecule has 0 aliphatic rings. The number of hydrogen-bond donors (Lipinski definition) is 2. The topological polar surface area (TPSA) is 76.7 Å². The summed E-state index contributed by atoms with van der Waals surface area (Å²) < 4.78 is 10.3. The summed E-state index contributed by atoms with van der Waals surface area (Å²) in [4.78, 5) is 23.0. The van der Waals surface area contributed by atoms with Crippen molar-refractivity contribution in [1.82, 2.24) is 10.6 Å². The molecule has 0 aromatic rings. The standard InChI is InChI=1S/C15H30N2O4/c1-6-8-9-12(10-11-20-13(18)16-7-2)17-14(19)21-15(3,4)5/h12H,6-11H2,1-5H3,(H,16,18)(H,17,19). The van der Waals surface area contributed by atoms with Crippen molar-refractivity contribution in [3.05, 3.63) is 0 Å². The summed E-state index contributed by atoms with van der Waals surface area (Å²) in [5, 5.41) is 5.40. The number of carbonyl (C=O) groups excluding carboxylic acids is 2. The van der Waals surface area contributed by atoms with Crippen LogP contribution < -0.4 is 10.6 Å². The third-order valence-electron chi connectivity index (χ3n) is 2.65. The molecule has 1 unspecified atom stereocenters. The molecule has 0 radical (unpaired) electrons. The monoisotopic (exact) mass is 302 g/mol. The predicted molar refractivity (Wildman–Crippen MR) is 82.3 cm³/mol. The Hall–Kier alpha value is -1.46. The van der Waals surface area contributed by atoms with Crippen LogP contribution in [0.15, 0.2) is 0 Å². The minimum absolute atomic E-state index is 0.0470. The lowest BCUT2D eigenvalue weighted by atomic mass is 10.1. The first-order valence-corrected chi connectivity index (χ1v) is 7.68. The first kappa shape index (κ1) is 19.5. The summed E-state index contributed by atoms with van der Waals surface area (Å²) in [7, 11) is 0. The second-order valence-electron chi connectivity index (χ2n) is 5.94. The van der Waals surface area contributed by atoms with E-state index in [4.69, 9.17) is 9.47 Å². The molecule has 124 valence electrons. The second kappa shape index (κ2) is 10.3. The van der Waals surface area contributed by atoms with E-state index in [-0.39, 0.29) is 12.6 Å². The van der Waals surface area contributed by atoms with Crippen LogP contribution >= 0.6 is 0 Å². The summed E-state index contributed by atoms with van der Waals surface area (Å²) in [5.41, 5.74) is -0.517. The fraction of sp³-hybridized carbons (Fsp3) is 0.867. The molecule has 0 heterocycles. The van der Waals surface area contributed by atoms with Crippen molar-refractivity contribution < 1.29 is 19.1 Å². The molecule has 0 aliphatic heterocycles. The number of nitrogens with one attached hydrogen (secondary N) is 2. The normalized spacial score (nSPS) is 12.4. The van der Waals surface area contributed by atoms with Crippen LogP contribution in [-0.2, 0) is 9.47 Å². The lowest BCUT2D eigenvalue weighted by Gasteiger charge is -2.23. The molecule has 21 heavy (non-hydrogen) atoms. The molecule has 0 saturated carbocycles. The maximum Gasteiger partial charge on any atom is 0.407 e. The van der Waals surface area contributed by atoms with Crippen LogP contribution in [0.5, 0.6) is 0 Å². The Morgan fingerprint density at radius 2 is 1.76 bits per heavy atom. The number of amides is 2. The van der Waals surface area contributed by atoms with Gasteiger partial charge in [-0.15, -0.1) is 0 Å². The van der Waals surface area contributed by atoms with Crippen molar-refractivity contribution in [1.29, 1.82) is 0 Å². The molecule has 0 spiro atoms. The van der Waals surface area contributed by atoms with Crippen molar-refractivity contribution in [2.75, 3.05) is 13.2 Å². The van der Waals surface area contributed by atoms with Crippen molar-refractivity contribution in [3.63, 3.8) is 0 Å². The Labute approximate surface area is 127 Å². The average Bonchev–Trinajstić information content (AvgIpc) is 2.33. The predicted octanol–water partition coefficient (Wildman–Crippen LogP) is 3.21. The number of ether oxygens (including phenoxy) is 2. The van der Waals surface area contributed by atoms with E-state index in [0.29, 0.717) is 13.0 Å². The van der Waals surface area contributed by atoms with Gasteiger partial charge in [0.2, 0.25) is 0 Å². The molecule has 6 heteroatoms. The highest BCUT2D eigenvalue weighted by molar-refractivity contribution is 5.68. The van der Waals surface area contributed by atoms with Gasteiger partial charge >= 0.3 is 12.2 Å². The zero-order valence-corrected chi connectivity index (χ0v) is 14.0. The van der Waals surface area contributed by atoms with Crippen LogP contribution in [0.2, 0.25) is 0 Å². The Morgan fingerprint density at radius 3 is 2.29 bits per heavy atom. The minimum atomic E-state index is -0.517. The smallest absolute Gasteiger partial charge is 0.407 e. The van der Waals surface area contributed by atoms with Crippen LogP contribution in [0, 0.1) is 0 Å². The lowest BCUT2D eigenvalue weighted by molar-refractivity contribution is 0.0492. The average molecular weight is 302 g/mol. The van der Waals surface area contributed by atoms with E-state index in [9.17, 15) is 9.59 Å². The Morgan fingerprint density at radius 1 is 1.10 bits per heavy atom. The van der Waals surface area contributed by atoms with Crippen LogP contribution in [0.4, 0.5) is 9.59 Å². The van der Waals surface area contributed by atoms with Gasteiger partial charge in [0, 0.05) is 19.0 Å². The van der Waals surface area contributed by atoms with Crippen molar-refractivity contribution >= 4 is 12.2 Å². The largest absolute Gasteiger partial charge is 0.449 e. The molecule has 0 saturated heterocycles. The quantitative estimate of drug-likeness (QED) is 0.722. The van der Waals surface area contributed by atoms with Gasteiger partial charge in [-0.05, 0) is 34.1 Å². The molecule has 2 N–H and O–H groups in total. The van der Waals surface area contributed by atoms with Crippen LogP contribution in [0.25, 0.3) is 0 Å². The molecule has 6 nitrogen and oxygen atoms in total. The van der Waals surface area contributed by atoms with Crippen molar-refractivity contribution in [2.24, 2.45) is 0 Å². The third-order valence-corrected chi connectivity index (χ3v) is 2.65. The van der Waals surface area contributed by atoms with Crippen molar-refractivity contribution in [2.45, 2.75) is 71.9 Å². The fourth-order valence-corrected chi connectivity index (χ4v) is 1.70. The van der Waals surface area contributed by atoms with Gasteiger partial charge < -0.3 is 20.1 Å². The Balaban J connectivity index is 4.19. The van der Waals surface area contributed by atoms with Crippen molar-refractivity contribution in [3.8, 4) is 0 Å². The Kier molecular flexibility index (Phi) is 9.58. The fourth-order valence-electron chi connectivity index (χ4n) is 1.70. The highest BCUT2D eigenvalue weighted by atomic mass is 16.6. The highest BCUT2D eigenvalue weighted by Crippen LogP contribution is 2.09. The van der Waals surface area contributed by atoms with Crippen LogP contribution in [0.1, 0.15) is 60.3 Å². The molecule has 0 aliphatic carbocycles. The maximum atomic E-state index is 11.8. The number of rotatable bonds is 8. The lowest BCUT2D eigenvalue weighted by Crippen LogP contribution is -2.40. The van der Waals surface area contributed by atoms with Gasteiger partial charge in [-0.25, -0.2) is 9.59 Å². The van der Waals surface area contributed by atoms with E-state index in [1.807, 2.05) is 27.7 Å². The first-order chi connectivity index (χ1) is 9.78. The van der Waals surface area contributed by atoms with E-state index in [2.05, 4.69) is 17.6 Å². The van der Waals surface area contributed by atoms with E-state index in [0.717, 1.165) is 19.3 Å². The van der Waals surface area contributed by atoms with E-state index in [1.54, 1.807) is 0 Å². The van der Waals surface area contributed by atoms with Gasteiger partial charge in [-0.3, -0.25) is 0 Å². The van der Waals surface area contributed by atoms with Gasteiger partial charge in [-0.1, -0.05) is 19.8 Å². The van der Waals surface area contributed by atoms with Gasteiger partial charge in [0.15, 0.2) is 0 Å². The zero-order chi connectivity index (χ0) is 16.3. The molecule has 1 atom stereocenters.